The van der Waals surface area contributed by atoms with Crippen LogP contribution in [0.1, 0.15) is 25.1 Å². The topological polar surface area (TPSA) is 91.9 Å². The number of amides is 1. The van der Waals surface area contributed by atoms with Crippen LogP contribution in [0.2, 0.25) is 0 Å². The lowest BCUT2D eigenvalue weighted by molar-refractivity contribution is -0.119. The van der Waals surface area contributed by atoms with Gasteiger partial charge in [0.1, 0.15) is 0 Å². The summed E-state index contributed by atoms with van der Waals surface area (Å²) in [6.07, 6.45) is 0. The molecule has 9 heteroatoms. The molecule has 2 N–H and O–H groups in total. The summed E-state index contributed by atoms with van der Waals surface area (Å²) >= 11 is 0. The first-order chi connectivity index (χ1) is 16.1. The fraction of sp³-hybridized carbons (Fsp3) is 0.542. The number of carbonyl (C=O) groups excluding carboxylic acids is 1. The maximum atomic E-state index is 12.5. The molecule has 4 heterocycles. The molecule has 5 rings (SSSR count). The van der Waals surface area contributed by atoms with Gasteiger partial charge in [-0.1, -0.05) is 12.1 Å². The van der Waals surface area contributed by atoms with E-state index >= 15 is 0 Å². The number of fused-ring (bicyclic) bond motifs is 1. The Morgan fingerprint density at radius 1 is 1.06 bits per heavy atom. The zero-order chi connectivity index (χ0) is 22.8. The lowest BCUT2D eigenvalue weighted by Crippen LogP contribution is -2.47. The van der Waals surface area contributed by atoms with Crippen LogP contribution >= 0.6 is 0 Å². The highest BCUT2D eigenvalue weighted by molar-refractivity contribution is 5.92. The maximum absolute atomic E-state index is 12.5. The van der Waals surface area contributed by atoms with Crippen molar-refractivity contribution in [2.24, 2.45) is 0 Å². The molecule has 1 amide bonds. The van der Waals surface area contributed by atoms with Crippen LogP contribution in [-0.4, -0.2) is 78.9 Å². The summed E-state index contributed by atoms with van der Waals surface area (Å²) in [5.41, 5.74) is 4.98. The molecule has 0 unspecified atom stereocenters. The van der Waals surface area contributed by atoms with Crippen molar-refractivity contribution in [3.05, 3.63) is 35.5 Å². The smallest absolute Gasteiger partial charge is 0.238 e. The molecule has 0 saturated carbocycles. The third kappa shape index (κ3) is 4.86. The van der Waals surface area contributed by atoms with Gasteiger partial charge in [-0.2, -0.15) is 0 Å². The molecule has 3 aliphatic heterocycles. The van der Waals surface area contributed by atoms with Crippen LogP contribution in [-0.2, 0) is 27.4 Å². The molecule has 1 aromatic carbocycles. The van der Waals surface area contributed by atoms with Gasteiger partial charge in [0.15, 0.2) is 0 Å². The van der Waals surface area contributed by atoms with E-state index in [-0.39, 0.29) is 18.0 Å². The van der Waals surface area contributed by atoms with Gasteiger partial charge in [-0.15, -0.1) is 0 Å². The van der Waals surface area contributed by atoms with E-state index < -0.39 is 0 Å². The second kappa shape index (κ2) is 9.72. The van der Waals surface area contributed by atoms with Crippen molar-refractivity contribution in [2.45, 2.75) is 39.0 Å². The molecule has 0 radical (unpaired) electrons. The van der Waals surface area contributed by atoms with Gasteiger partial charge in [-0.25, -0.2) is 9.97 Å². The summed E-state index contributed by atoms with van der Waals surface area (Å²) in [5.74, 6) is 0.757. The van der Waals surface area contributed by atoms with E-state index in [2.05, 4.69) is 34.3 Å². The van der Waals surface area contributed by atoms with Crippen molar-refractivity contribution in [1.29, 1.82) is 0 Å². The maximum Gasteiger partial charge on any atom is 0.238 e. The molecule has 3 aliphatic rings. The molecule has 2 saturated heterocycles. The molecule has 176 valence electrons. The number of hydrogen-bond donors (Lipinski definition) is 2. The van der Waals surface area contributed by atoms with E-state index in [0.717, 1.165) is 60.3 Å². The molecule has 0 aliphatic carbocycles. The SMILES string of the molecule is C[C@H]1COCCN1CC(=O)Nc1ccc(-c2nc(N3CCOC[C@@H]3C)nc3c2CNC3)cc1. The molecular weight excluding hydrogens is 420 g/mol. The number of morpholine rings is 2. The standard InChI is InChI=1S/C24H32N6O3/c1-16-14-32-9-7-29(16)13-22(31)26-19-5-3-18(4-6-19)23-20-11-25-12-21(20)27-24(28-23)30-8-10-33-15-17(30)2/h3-6,16-17,25H,7-15H2,1-2H3,(H,26,31)/t16-,17-/m0/s1. The largest absolute Gasteiger partial charge is 0.379 e. The molecule has 2 aromatic rings. The van der Waals surface area contributed by atoms with Crippen LogP contribution in [0.4, 0.5) is 11.6 Å². The third-order valence-electron chi connectivity index (χ3n) is 6.59. The average Bonchev–Trinajstić information content (AvgIpc) is 3.30. The van der Waals surface area contributed by atoms with E-state index in [1.165, 1.54) is 0 Å². The third-order valence-corrected chi connectivity index (χ3v) is 6.59. The Morgan fingerprint density at radius 3 is 2.58 bits per heavy atom. The number of ether oxygens (including phenoxy) is 2. The summed E-state index contributed by atoms with van der Waals surface area (Å²) in [4.78, 5) is 26.8. The summed E-state index contributed by atoms with van der Waals surface area (Å²) < 4.78 is 11.0. The van der Waals surface area contributed by atoms with Crippen LogP contribution in [0.3, 0.4) is 0 Å². The van der Waals surface area contributed by atoms with Gasteiger partial charge in [-0.3, -0.25) is 9.69 Å². The Bertz CT molecular complexity index is 998. The average molecular weight is 453 g/mol. The zero-order valence-corrected chi connectivity index (χ0v) is 19.3. The van der Waals surface area contributed by atoms with Crippen molar-refractivity contribution >= 4 is 17.5 Å². The van der Waals surface area contributed by atoms with Gasteiger partial charge in [0.25, 0.3) is 0 Å². The Labute approximate surface area is 194 Å². The summed E-state index contributed by atoms with van der Waals surface area (Å²) in [5, 5.41) is 6.42. The summed E-state index contributed by atoms with van der Waals surface area (Å²) in [7, 11) is 0. The van der Waals surface area contributed by atoms with Gasteiger partial charge in [-0.05, 0) is 26.0 Å². The van der Waals surface area contributed by atoms with Crippen LogP contribution in [0, 0.1) is 0 Å². The Hall–Kier alpha value is -2.59. The van der Waals surface area contributed by atoms with Crippen molar-refractivity contribution in [3.8, 4) is 11.3 Å². The van der Waals surface area contributed by atoms with E-state index in [4.69, 9.17) is 19.4 Å². The number of hydrogen-bond acceptors (Lipinski definition) is 8. The number of nitrogens with one attached hydrogen (secondary N) is 2. The van der Waals surface area contributed by atoms with Gasteiger partial charge in [0.05, 0.1) is 50.4 Å². The summed E-state index contributed by atoms with van der Waals surface area (Å²) in [6.45, 7) is 10.4. The van der Waals surface area contributed by atoms with Gasteiger partial charge >= 0.3 is 0 Å². The van der Waals surface area contributed by atoms with E-state index in [1.54, 1.807) is 0 Å². The molecule has 2 atom stereocenters. The number of carbonyl (C=O) groups is 1. The minimum absolute atomic E-state index is 0.00720. The molecule has 9 nitrogen and oxygen atoms in total. The minimum atomic E-state index is -0.00720. The van der Waals surface area contributed by atoms with E-state index in [1.807, 2.05) is 24.3 Å². The summed E-state index contributed by atoms with van der Waals surface area (Å²) in [6, 6.07) is 8.45. The fourth-order valence-electron chi connectivity index (χ4n) is 4.64. The highest BCUT2D eigenvalue weighted by atomic mass is 16.5. The Morgan fingerprint density at radius 2 is 1.82 bits per heavy atom. The molecular formula is C24H32N6O3. The number of nitrogens with zero attached hydrogens (tertiary/aromatic N) is 4. The molecule has 2 fully saturated rings. The number of anilines is 2. The van der Waals surface area contributed by atoms with Gasteiger partial charge < -0.3 is 25.0 Å². The monoisotopic (exact) mass is 452 g/mol. The number of rotatable bonds is 5. The number of benzene rings is 1. The molecule has 33 heavy (non-hydrogen) atoms. The minimum Gasteiger partial charge on any atom is -0.379 e. The van der Waals surface area contributed by atoms with E-state index in [9.17, 15) is 4.79 Å². The lowest BCUT2D eigenvalue weighted by Gasteiger charge is -2.33. The first-order valence-corrected chi connectivity index (χ1v) is 11.8. The van der Waals surface area contributed by atoms with Crippen molar-refractivity contribution < 1.29 is 14.3 Å². The second-order valence-corrected chi connectivity index (χ2v) is 9.04. The van der Waals surface area contributed by atoms with Crippen LogP contribution in [0.25, 0.3) is 11.3 Å². The lowest BCUT2D eigenvalue weighted by atomic mass is 10.1. The zero-order valence-electron chi connectivity index (χ0n) is 19.3. The van der Waals surface area contributed by atoms with Crippen LogP contribution < -0.4 is 15.5 Å². The van der Waals surface area contributed by atoms with E-state index in [0.29, 0.717) is 33.0 Å². The van der Waals surface area contributed by atoms with Gasteiger partial charge in [0, 0.05) is 49.0 Å². The van der Waals surface area contributed by atoms with Crippen molar-refractivity contribution in [2.75, 3.05) is 56.3 Å². The normalized spacial score (nSPS) is 23.4. The molecule has 0 bridgehead atoms. The first-order valence-electron chi connectivity index (χ1n) is 11.8. The predicted octanol–water partition coefficient (Wildman–Crippen LogP) is 1.63. The second-order valence-electron chi connectivity index (χ2n) is 9.04. The van der Waals surface area contributed by atoms with Crippen molar-refractivity contribution in [1.82, 2.24) is 20.2 Å². The van der Waals surface area contributed by atoms with Gasteiger partial charge in [0.2, 0.25) is 11.9 Å². The highest BCUT2D eigenvalue weighted by Gasteiger charge is 2.26. The quantitative estimate of drug-likeness (QED) is 0.707. The fourth-order valence-corrected chi connectivity index (χ4v) is 4.64. The highest BCUT2D eigenvalue weighted by Crippen LogP contribution is 2.30. The Kier molecular flexibility index (Phi) is 6.55. The van der Waals surface area contributed by atoms with Crippen LogP contribution in [0.15, 0.2) is 24.3 Å². The molecule has 1 aromatic heterocycles. The van der Waals surface area contributed by atoms with Crippen LogP contribution in [0.5, 0.6) is 0 Å². The predicted molar refractivity (Wildman–Crippen MR) is 126 cm³/mol. The molecule has 0 spiro atoms. The number of aromatic nitrogens is 2. The van der Waals surface area contributed by atoms with Crippen molar-refractivity contribution in [3.63, 3.8) is 0 Å². The Balaban J connectivity index is 1.33. The first kappa shape index (κ1) is 22.2.